The van der Waals surface area contributed by atoms with Crippen molar-refractivity contribution >= 4 is 17.8 Å². The van der Waals surface area contributed by atoms with Crippen molar-refractivity contribution < 1.29 is 43.9 Å². The van der Waals surface area contributed by atoms with E-state index in [4.69, 9.17) is 19.3 Å². The second kappa shape index (κ2) is 9.96. The van der Waals surface area contributed by atoms with Crippen LogP contribution in [-0.4, -0.2) is 89.2 Å². The number of carbonyl (C=O) groups is 3. The number of esters is 1. The number of aryl methyl sites for hydroxylation is 1. The summed E-state index contributed by atoms with van der Waals surface area (Å²) in [6.07, 6.45) is -0.826. The van der Waals surface area contributed by atoms with E-state index >= 15 is 0 Å². The van der Waals surface area contributed by atoms with Crippen LogP contribution in [0.15, 0.2) is 24.0 Å². The normalized spacial score (nSPS) is 29.1. The van der Waals surface area contributed by atoms with Crippen molar-refractivity contribution in [2.75, 3.05) is 27.2 Å². The zero-order chi connectivity index (χ0) is 27.1. The number of benzene rings is 1. The van der Waals surface area contributed by atoms with E-state index in [0.29, 0.717) is 30.2 Å². The van der Waals surface area contributed by atoms with Crippen LogP contribution in [0.4, 0.5) is 0 Å². The number of likely N-dealkylation sites (tertiary alicyclic amines) is 1. The number of hydrogen-bond donors (Lipinski definition) is 4. The Morgan fingerprint density at radius 2 is 2.05 bits per heavy atom. The number of fused-ring (bicyclic) bond motifs is 1. The number of aliphatic carboxylic acids is 1. The molecule has 0 bridgehead atoms. The third-order valence-corrected chi connectivity index (χ3v) is 8.08. The fourth-order valence-corrected chi connectivity index (χ4v) is 5.98. The Morgan fingerprint density at radius 1 is 1.32 bits per heavy atom. The van der Waals surface area contributed by atoms with Crippen LogP contribution in [0.5, 0.6) is 11.5 Å². The summed E-state index contributed by atoms with van der Waals surface area (Å²) in [6, 6.07) is 3.56. The van der Waals surface area contributed by atoms with E-state index in [1.54, 1.807) is 13.2 Å². The molecule has 0 saturated carbocycles. The average Bonchev–Trinajstić information content (AvgIpc) is 3.21. The van der Waals surface area contributed by atoms with Crippen molar-refractivity contribution in [2.45, 2.75) is 68.8 Å². The van der Waals surface area contributed by atoms with Crippen LogP contribution in [0.25, 0.3) is 0 Å². The van der Waals surface area contributed by atoms with Crippen molar-refractivity contribution in [3.05, 3.63) is 35.1 Å². The van der Waals surface area contributed by atoms with Gasteiger partial charge in [-0.25, -0.2) is 4.79 Å². The lowest BCUT2D eigenvalue weighted by Crippen LogP contribution is -2.71. The topological polar surface area (TPSA) is 155 Å². The largest absolute Gasteiger partial charge is 0.493 e. The molecule has 0 unspecified atom stereocenters. The zero-order valence-electron chi connectivity index (χ0n) is 21.4. The van der Waals surface area contributed by atoms with Gasteiger partial charge in [0.25, 0.3) is 0 Å². The summed E-state index contributed by atoms with van der Waals surface area (Å²) in [5.41, 5.74) is -0.238. The van der Waals surface area contributed by atoms with E-state index < -0.39 is 47.5 Å². The second-order valence-corrected chi connectivity index (χ2v) is 10.0. The summed E-state index contributed by atoms with van der Waals surface area (Å²) in [5, 5.41) is 32.6. The lowest BCUT2D eigenvalue weighted by molar-refractivity contribution is -0.161. The highest BCUT2D eigenvalue weighted by molar-refractivity contribution is 5.83. The van der Waals surface area contributed by atoms with Gasteiger partial charge in [-0.05, 0) is 51.6 Å². The number of likely N-dealkylation sites (N-methyl/N-ethyl adjacent to an activating group) is 1. The van der Waals surface area contributed by atoms with Crippen molar-refractivity contribution in [3.8, 4) is 11.5 Å². The van der Waals surface area contributed by atoms with E-state index in [0.717, 1.165) is 11.1 Å². The number of aliphatic hydroxyl groups is 2. The molecule has 3 aliphatic rings. The first-order valence-corrected chi connectivity index (χ1v) is 12.3. The molecule has 2 heterocycles. The molecule has 1 aliphatic carbocycles. The number of aliphatic hydroxyl groups excluding tert-OH is 1. The predicted molar refractivity (Wildman–Crippen MR) is 130 cm³/mol. The van der Waals surface area contributed by atoms with Crippen molar-refractivity contribution in [3.63, 3.8) is 0 Å². The summed E-state index contributed by atoms with van der Waals surface area (Å²) < 4.78 is 17.8. The number of carboxylic acids is 1. The number of methoxy groups -OCH3 is 1. The number of ether oxygens (including phenoxy) is 3. The van der Waals surface area contributed by atoms with Crippen LogP contribution in [0.2, 0.25) is 0 Å². The van der Waals surface area contributed by atoms with Gasteiger partial charge in [0.15, 0.2) is 23.7 Å². The Bertz CT molecular complexity index is 1140. The molecule has 4 rings (SSSR count). The molecule has 2 aliphatic heterocycles. The van der Waals surface area contributed by atoms with Crippen LogP contribution in [0, 0.1) is 6.92 Å². The minimum atomic E-state index is -1.81. The van der Waals surface area contributed by atoms with Crippen LogP contribution in [0.3, 0.4) is 0 Å². The number of carbonyl (C=O) groups excluding carboxylic acids is 2. The molecule has 1 spiro atoms. The summed E-state index contributed by atoms with van der Waals surface area (Å²) in [7, 11) is 3.53. The number of carboxylic acid groups (broad SMARTS) is 1. The van der Waals surface area contributed by atoms with Gasteiger partial charge in [0.1, 0.15) is 5.76 Å². The Hall–Kier alpha value is -3.15. The number of amides is 1. The maximum atomic E-state index is 12.7. The maximum Gasteiger partial charge on any atom is 0.333 e. The average molecular weight is 519 g/mol. The highest BCUT2D eigenvalue weighted by Gasteiger charge is 2.69. The summed E-state index contributed by atoms with van der Waals surface area (Å²) in [6.45, 7) is 4.57. The van der Waals surface area contributed by atoms with Gasteiger partial charge in [-0.3, -0.25) is 9.59 Å². The molecule has 5 atom stereocenters. The fraction of sp³-hybridized carbons (Fsp3) is 0.577. The number of nitrogens with one attached hydrogen (secondary N) is 1. The molecule has 11 nitrogen and oxygen atoms in total. The molecular formula is C26H34N2O9. The smallest absolute Gasteiger partial charge is 0.333 e. The lowest BCUT2D eigenvalue weighted by Gasteiger charge is -2.58. The van der Waals surface area contributed by atoms with Gasteiger partial charge in [-0.15, -0.1) is 0 Å². The molecule has 0 aromatic heterocycles. The lowest BCUT2D eigenvalue weighted by atomic mass is 9.54. The Balaban J connectivity index is 1.57. The molecule has 4 N–H and O–H groups in total. The first-order valence-electron chi connectivity index (χ1n) is 12.3. The fourth-order valence-electron chi connectivity index (χ4n) is 5.98. The first-order chi connectivity index (χ1) is 17.5. The second-order valence-electron chi connectivity index (χ2n) is 10.0. The molecule has 1 amide bonds. The van der Waals surface area contributed by atoms with Crippen LogP contribution >= 0.6 is 0 Å². The van der Waals surface area contributed by atoms with Crippen LogP contribution in [0.1, 0.15) is 43.7 Å². The number of rotatable bonds is 8. The zero-order valence-corrected chi connectivity index (χ0v) is 21.4. The third-order valence-electron chi connectivity index (χ3n) is 8.08. The van der Waals surface area contributed by atoms with E-state index in [-0.39, 0.29) is 25.4 Å². The van der Waals surface area contributed by atoms with Crippen molar-refractivity contribution in [1.82, 2.24) is 10.2 Å². The Labute approximate surface area is 215 Å². The van der Waals surface area contributed by atoms with Gasteiger partial charge in [-0.1, -0.05) is 6.07 Å². The standard InChI is InChI=1S/C26H34N2O9/c1-14-5-6-17(35-4)22-21(14)25-10-12-28(3)15(2)26(25,34)9-7-18(23(25)37-22)36-20(31)8-11-27-19(30)13-16(29)24(32)33/h5-7,15-16,23,29,34H,8-13H2,1-4H3,(H,27,30)(H,32,33)/t15-,16+,23+,25+,26-/m1/s1. The van der Waals surface area contributed by atoms with E-state index in [1.807, 2.05) is 33.0 Å². The number of nitrogens with zero attached hydrogens (tertiary/aromatic N) is 1. The highest BCUT2D eigenvalue weighted by Crippen LogP contribution is 2.62. The van der Waals surface area contributed by atoms with E-state index in [2.05, 4.69) is 10.2 Å². The summed E-state index contributed by atoms with van der Waals surface area (Å²) in [4.78, 5) is 37.3. The van der Waals surface area contributed by atoms with Gasteiger partial charge >= 0.3 is 11.9 Å². The quantitative estimate of drug-likeness (QED) is 0.360. The van der Waals surface area contributed by atoms with E-state index in [9.17, 15) is 24.6 Å². The molecule has 1 saturated heterocycles. The van der Waals surface area contributed by atoms with Crippen LogP contribution < -0.4 is 14.8 Å². The van der Waals surface area contributed by atoms with E-state index in [1.165, 1.54) is 0 Å². The molecule has 1 fully saturated rings. The molecule has 1 aromatic rings. The molecular weight excluding hydrogens is 484 g/mol. The SMILES string of the molecule is COc1ccc(C)c2c1O[C@H]1C(OC(=O)CCNC(=O)C[C@H](O)C(=O)O)=CC[C@@]3(O)[C@@H](C)N(C)CC[C@]213. The van der Waals surface area contributed by atoms with Gasteiger partial charge < -0.3 is 39.7 Å². The minimum absolute atomic E-state index is 0.0904. The number of hydrogen-bond acceptors (Lipinski definition) is 9. The van der Waals surface area contributed by atoms with Crippen LogP contribution in [-0.2, 0) is 24.5 Å². The molecule has 0 radical (unpaired) electrons. The van der Waals surface area contributed by atoms with Crippen molar-refractivity contribution in [1.29, 1.82) is 0 Å². The van der Waals surface area contributed by atoms with Gasteiger partial charge in [-0.2, -0.15) is 0 Å². The van der Waals surface area contributed by atoms with Crippen molar-refractivity contribution in [2.24, 2.45) is 0 Å². The molecule has 202 valence electrons. The first kappa shape index (κ1) is 26.9. The Kier molecular flexibility index (Phi) is 7.24. The minimum Gasteiger partial charge on any atom is -0.493 e. The summed E-state index contributed by atoms with van der Waals surface area (Å²) >= 11 is 0. The Morgan fingerprint density at radius 3 is 2.73 bits per heavy atom. The maximum absolute atomic E-state index is 12.7. The summed E-state index contributed by atoms with van der Waals surface area (Å²) in [5.74, 6) is -1.43. The molecule has 37 heavy (non-hydrogen) atoms. The molecule has 11 heteroatoms. The highest BCUT2D eigenvalue weighted by atomic mass is 16.6. The monoisotopic (exact) mass is 518 g/mol. The molecule has 1 aromatic carbocycles. The van der Waals surface area contributed by atoms with Gasteiger partial charge in [0.05, 0.1) is 31.0 Å². The van der Waals surface area contributed by atoms with Gasteiger partial charge in [0, 0.05) is 24.6 Å². The predicted octanol–water partition coefficient (Wildman–Crippen LogP) is 0.630. The van der Waals surface area contributed by atoms with Gasteiger partial charge in [0.2, 0.25) is 5.91 Å². The number of piperidine rings is 1. The third kappa shape index (κ3) is 4.34.